The number of ether oxygens (including phenoxy) is 1. The summed E-state index contributed by atoms with van der Waals surface area (Å²) in [5.74, 6) is -0.288. The third kappa shape index (κ3) is 4.02. The van der Waals surface area contributed by atoms with Crippen LogP contribution < -0.4 is 10.5 Å². The van der Waals surface area contributed by atoms with Gasteiger partial charge in [0, 0.05) is 10.0 Å². The van der Waals surface area contributed by atoms with Crippen molar-refractivity contribution in [1.29, 1.82) is 0 Å². The van der Waals surface area contributed by atoms with Gasteiger partial charge in [-0.1, -0.05) is 15.9 Å². The van der Waals surface area contributed by atoms with Crippen molar-refractivity contribution in [3.8, 4) is 5.75 Å². The molecular weight excluding hydrogens is 340 g/mol. The molecule has 0 unspecified atom stereocenters. The molecule has 2 nitrogen and oxygen atoms in total. The van der Waals surface area contributed by atoms with Crippen LogP contribution in [0.3, 0.4) is 0 Å². The maximum atomic E-state index is 13.6. The molecule has 0 saturated carbocycles. The highest BCUT2D eigenvalue weighted by molar-refractivity contribution is 9.10. The van der Waals surface area contributed by atoms with Gasteiger partial charge in [-0.25, -0.2) is 8.78 Å². The highest BCUT2D eigenvalue weighted by Gasteiger charge is 2.11. The van der Waals surface area contributed by atoms with E-state index in [9.17, 15) is 8.78 Å². The molecule has 0 bridgehead atoms. The number of rotatable bonds is 5. The van der Waals surface area contributed by atoms with E-state index in [2.05, 4.69) is 15.9 Å². The first-order chi connectivity index (χ1) is 10.0. The van der Waals surface area contributed by atoms with Crippen LogP contribution in [0.1, 0.15) is 16.7 Å². The topological polar surface area (TPSA) is 35.2 Å². The Labute approximate surface area is 131 Å². The summed E-state index contributed by atoms with van der Waals surface area (Å²) in [7, 11) is 0. The van der Waals surface area contributed by atoms with E-state index in [1.54, 1.807) is 0 Å². The van der Waals surface area contributed by atoms with Crippen LogP contribution in [0.15, 0.2) is 34.8 Å². The molecule has 0 radical (unpaired) electrons. The summed E-state index contributed by atoms with van der Waals surface area (Å²) < 4.78 is 33.4. The van der Waals surface area contributed by atoms with E-state index in [1.807, 2.05) is 19.1 Å². The number of halogens is 3. The Morgan fingerprint density at radius 1 is 1.14 bits per heavy atom. The standard InChI is InChI=1S/C16H16BrF2NO/c1-10-6-13(17)7-11(4-5-20)16(10)21-9-12-8-14(18)2-3-15(12)19/h2-3,6-8H,4-5,9,20H2,1H3. The van der Waals surface area contributed by atoms with Crippen molar-refractivity contribution in [2.24, 2.45) is 5.73 Å². The quantitative estimate of drug-likeness (QED) is 0.875. The zero-order chi connectivity index (χ0) is 15.4. The molecule has 0 atom stereocenters. The second-order valence-corrected chi connectivity index (χ2v) is 5.69. The predicted molar refractivity (Wildman–Crippen MR) is 82.3 cm³/mol. The first-order valence-corrected chi connectivity index (χ1v) is 7.36. The highest BCUT2D eigenvalue weighted by Crippen LogP contribution is 2.29. The summed E-state index contributed by atoms with van der Waals surface area (Å²) in [5, 5.41) is 0. The van der Waals surface area contributed by atoms with Gasteiger partial charge in [-0.05, 0) is 61.3 Å². The van der Waals surface area contributed by atoms with Crippen LogP contribution in [0.25, 0.3) is 0 Å². The molecule has 0 amide bonds. The summed E-state index contributed by atoms with van der Waals surface area (Å²) in [4.78, 5) is 0. The van der Waals surface area contributed by atoms with E-state index in [0.29, 0.717) is 18.7 Å². The lowest BCUT2D eigenvalue weighted by Gasteiger charge is -2.15. The van der Waals surface area contributed by atoms with Crippen LogP contribution >= 0.6 is 15.9 Å². The van der Waals surface area contributed by atoms with Gasteiger partial charge in [0.05, 0.1) is 0 Å². The summed E-state index contributed by atoms with van der Waals surface area (Å²) in [5.41, 5.74) is 7.66. The maximum absolute atomic E-state index is 13.6. The van der Waals surface area contributed by atoms with Gasteiger partial charge < -0.3 is 10.5 Å². The Bertz CT molecular complexity index is 646. The number of hydrogen-bond donors (Lipinski definition) is 1. The van der Waals surface area contributed by atoms with Crippen molar-refractivity contribution in [1.82, 2.24) is 0 Å². The zero-order valence-corrected chi connectivity index (χ0v) is 13.2. The smallest absolute Gasteiger partial charge is 0.130 e. The fraction of sp³-hybridized carbons (Fsp3) is 0.250. The summed E-state index contributed by atoms with van der Waals surface area (Å²) in [6.07, 6.45) is 0.654. The van der Waals surface area contributed by atoms with E-state index in [0.717, 1.165) is 33.8 Å². The van der Waals surface area contributed by atoms with Gasteiger partial charge >= 0.3 is 0 Å². The molecule has 21 heavy (non-hydrogen) atoms. The van der Waals surface area contributed by atoms with Crippen molar-refractivity contribution in [3.63, 3.8) is 0 Å². The monoisotopic (exact) mass is 355 g/mol. The van der Waals surface area contributed by atoms with E-state index in [1.165, 1.54) is 0 Å². The summed E-state index contributed by atoms with van der Waals surface area (Å²) in [6.45, 7) is 2.37. The van der Waals surface area contributed by atoms with Crippen LogP contribution in [0.2, 0.25) is 0 Å². The summed E-state index contributed by atoms with van der Waals surface area (Å²) in [6, 6.07) is 7.17. The van der Waals surface area contributed by atoms with Gasteiger partial charge in [0.25, 0.3) is 0 Å². The molecule has 0 spiro atoms. The SMILES string of the molecule is Cc1cc(Br)cc(CCN)c1OCc1cc(F)ccc1F. The third-order valence-electron chi connectivity index (χ3n) is 3.11. The van der Waals surface area contributed by atoms with Crippen molar-refractivity contribution in [2.75, 3.05) is 6.54 Å². The molecule has 0 fully saturated rings. The van der Waals surface area contributed by atoms with Crippen LogP contribution in [-0.4, -0.2) is 6.54 Å². The molecule has 0 aliphatic heterocycles. The normalized spacial score (nSPS) is 10.7. The van der Waals surface area contributed by atoms with Crippen LogP contribution in [0, 0.1) is 18.6 Å². The van der Waals surface area contributed by atoms with E-state index in [-0.39, 0.29) is 12.2 Å². The lowest BCUT2D eigenvalue weighted by molar-refractivity contribution is 0.294. The van der Waals surface area contributed by atoms with E-state index >= 15 is 0 Å². The fourth-order valence-electron chi connectivity index (χ4n) is 2.15. The molecule has 5 heteroatoms. The van der Waals surface area contributed by atoms with Crippen LogP contribution in [0.5, 0.6) is 5.75 Å². The second-order valence-electron chi connectivity index (χ2n) is 4.77. The average molecular weight is 356 g/mol. The minimum Gasteiger partial charge on any atom is -0.488 e. The minimum absolute atomic E-state index is 0.0242. The Kier molecular flexibility index (Phi) is 5.31. The van der Waals surface area contributed by atoms with Crippen molar-refractivity contribution in [2.45, 2.75) is 20.0 Å². The minimum atomic E-state index is -0.482. The first kappa shape index (κ1) is 15.9. The van der Waals surface area contributed by atoms with Gasteiger partial charge in [0.2, 0.25) is 0 Å². The number of hydrogen-bond acceptors (Lipinski definition) is 2. The van der Waals surface area contributed by atoms with Gasteiger partial charge in [0.1, 0.15) is 24.0 Å². The molecule has 0 saturated heterocycles. The highest BCUT2D eigenvalue weighted by atomic mass is 79.9. The average Bonchev–Trinajstić information content (AvgIpc) is 2.41. The lowest BCUT2D eigenvalue weighted by atomic mass is 10.1. The number of nitrogens with two attached hydrogens (primary N) is 1. The van der Waals surface area contributed by atoms with Crippen molar-refractivity contribution in [3.05, 3.63) is 63.1 Å². The molecule has 2 aromatic rings. The van der Waals surface area contributed by atoms with Gasteiger partial charge in [-0.2, -0.15) is 0 Å². The Hall–Kier alpha value is -1.46. The van der Waals surface area contributed by atoms with Gasteiger partial charge in [-0.3, -0.25) is 0 Å². The van der Waals surface area contributed by atoms with Crippen LogP contribution in [-0.2, 0) is 13.0 Å². The molecule has 0 heterocycles. The molecule has 0 aliphatic carbocycles. The van der Waals surface area contributed by atoms with E-state index in [4.69, 9.17) is 10.5 Å². The predicted octanol–water partition coefficient (Wildman–Crippen LogP) is 4.12. The first-order valence-electron chi connectivity index (χ1n) is 6.57. The fourth-order valence-corrected chi connectivity index (χ4v) is 2.77. The molecular formula is C16H16BrF2NO. The van der Waals surface area contributed by atoms with Crippen LogP contribution in [0.4, 0.5) is 8.78 Å². The Morgan fingerprint density at radius 3 is 2.62 bits per heavy atom. The van der Waals surface area contributed by atoms with Crippen molar-refractivity contribution >= 4 is 15.9 Å². The number of benzene rings is 2. The molecule has 2 N–H and O–H groups in total. The molecule has 112 valence electrons. The largest absolute Gasteiger partial charge is 0.488 e. The molecule has 0 aliphatic rings. The molecule has 2 rings (SSSR count). The Morgan fingerprint density at radius 2 is 1.90 bits per heavy atom. The van der Waals surface area contributed by atoms with Gasteiger partial charge in [-0.15, -0.1) is 0 Å². The van der Waals surface area contributed by atoms with Crippen molar-refractivity contribution < 1.29 is 13.5 Å². The molecule has 2 aromatic carbocycles. The number of aryl methyl sites for hydroxylation is 1. The van der Waals surface area contributed by atoms with E-state index < -0.39 is 11.6 Å². The van der Waals surface area contributed by atoms with Gasteiger partial charge in [0.15, 0.2) is 0 Å². The molecule has 0 aromatic heterocycles. The maximum Gasteiger partial charge on any atom is 0.130 e. The third-order valence-corrected chi connectivity index (χ3v) is 3.57. The zero-order valence-electron chi connectivity index (χ0n) is 11.6. The second kappa shape index (κ2) is 7.00. The summed E-state index contributed by atoms with van der Waals surface area (Å²) >= 11 is 3.43. The lowest BCUT2D eigenvalue weighted by Crippen LogP contribution is -2.07. The Balaban J connectivity index is 2.25.